The highest BCUT2D eigenvalue weighted by Crippen LogP contribution is 2.43. The molecule has 3 saturated heterocycles. The van der Waals surface area contributed by atoms with Crippen molar-refractivity contribution in [2.75, 3.05) is 50.7 Å². The normalized spacial score (nSPS) is 19.9. The number of rotatable bonds is 5. The summed E-state index contributed by atoms with van der Waals surface area (Å²) in [6.07, 6.45) is 3.64. The molecule has 0 N–H and O–H groups in total. The predicted molar refractivity (Wildman–Crippen MR) is 162 cm³/mol. The molecule has 3 fully saturated rings. The average Bonchev–Trinajstić information content (AvgIpc) is 2.89. The number of piperidine rings is 2. The summed E-state index contributed by atoms with van der Waals surface area (Å²) in [5.41, 5.74) is -0.177. The fourth-order valence-corrected chi connectivity index (χ4v) is 6.62. The SMILES string of the molecule is CC(C)(C)OC(=O)N1CC2(CCN(c3nc(OC4CCN(CCC#N)CC4)nc4c(F)c(Br)c(I)cc34)CC2)C1. The molecule has 0 atom stereocenters. The number of nitriles is 1. The molecule has 0 aliphatic carbocycles. The Bertz CT molecular complexity index is 1310. The molecule has 9 nitrogen and oxygen atoms in total. The summed E-state index contributed by atoms with van der Waals surface area (Å²) in [5.74, 6) is 0.274. The van der Waals surface area contributed by atoms with Gasteiger partial charge in [0.25, 0.3) is 0 Å². The molecule has 0 unspecified atom stereocenters. The van der Waals surface area contributed by atoms with Crippen LogP contribution in [0, 0.1) is 26.1 Å². The third kappa shape index (κ3) is 6.41. The third-order valence-electron chi connectivity index (χ3n) is 7.96. The van der Waals surface area contributed by atoms with Gasteiger partial charge in [0.15, 0.2) is 5.82 Å². The van der Waals surface area contributed by atoms with E-state index in [2.05, 4.69) is 59.4 Å². The van der Waals surface area contributed by atoms with Gasteiger partial charge in [0.2, 0.25) is 0 Å². The van der Waals surface area contributed by atoms with Crippen molar-refractivity contribution in [3.05, 3.63) is 19.9 Å². The fraction of sp³-hybridized carbons (Fsp3) is 0.643. The van der Waals surface area contributed by atoms with Crippen LogP contribution in [0.1, 0.15) is 52.9 Å². The summed E-state index contributed by atoms with van der Waals surface area (Å²) in [5, 5.41) is 9.53. The van der Waals surface area contributed by atoms with Crippen LogP contribution in [0.5, 0.6) is 6.01 Å². The van der Waals surface area contributed by atoms with Crippen molar-refractivity contribution < 1.29 is 18.7 Å². The number of carbonyl (C=O) groups is 1. The van der Waals surface area contributed by atoms with Crippen LogP contribution in [0.15, 0.2) is 10.5 Å². The quantitative estimate of drug-likeness (QED) is 0.285. The van der Waals surface area contributed by atoms with Crippen LogP contribution in [0.4, 0.5) is 15.0 Å². The van der Waals surface area contributed by atoms with Gasteiger partial charge in [-0.25, -0.2) is 9.18 Å². The summed E-state index contributed by atoms with van der Waals surface area (Å²) < 4.78 is 28.4. The standard InChI is InChI=1S/C28H35BrFIN6O3/c1-27(2,3)40-26(38)37-16-28(17-37)7-13-36(14-8-28)24-19-15-20(31)21(29)22(30)23(19)33-25(34-24)39-18-5-11-35(12-6-18)10-4-9-32/h15,18H,4-8,10-14,16-17H2,1-3H3. The molecule has 2 aromatic rings. The Morgan fingerprint density at radius 3 is 2.52 bits per heavy atom. The Morgan fingerprint density at radius 1 is 1.23 bits per heavy atom. The van der Waals surface area contributed by atoms with Crippen molar-refractivity contribution >= 4 is 61.3 Å². The van der Waals surface area contributed by atoms with Gasteiger partial charge in [-0.1, -0.05) is 0 Å². The number of amides is 1. The van der Waals surface area contributed by atoms with E-state index in [9.17, 15) is 4.79 Å². The zero-order valence-electron chi connectivity index (χ0n) is 23.2. The highest BCUT2D eigenvalue weighted by Gasteiger charge is 2.48. The molecule has 1 aromatic carbocycles. The summed E-state index contributed by atoms with van der Waals surface area (Å²) >= 11 is 5.49. The second kappa shape index (κ2) is 11.7. The number of fused-ring (bicyclic) bond motifs is 1. The summed E-state index contributed by atoms with van der Waals surface area (Å²) in [6.45, 7) is 11.0. The maximum Gasteiger partial charge on any atom is 0.410 e. The van der Waals surface area contributed by atoms with Gasteiger partial charge >= 0.3 is 12.1 Å². The lowest BCUT2D eigenvalue weighted by molar-refractivity contribution is -0.0434. The van der Waals surface area contributed by atoms with Crippen LogP contribution in [0.2, 0.25) is 0 Å². The number of benzene rings is 1. The molecule has 12 heteroatoms. The van der Waals surface area contributed by atoms with Crippen LogP contribution in [0.25, 0.3) is 10.9 Å². The first-order valence-corrected chi connectivity index (χ1v) is 15.7. The molecule has 5 rings (SSSR count). The summed E-state index contributed by atoms with van der Waals surface area (Å²) in [4.78, 5) is 28.1. The number of aromatic nitrogens is 2. The minimum atomic E-state index is -0.507. The molecular weight excluding hydrogens is 694 g/mol. The Balaban J connectivity index is 1.31. The first-order valence-electron chi connectivity index (χ1n) is 13.8. The van der Waals surface area contributed by atoms with Crippen molar-refractivity contribution in [1.29, 1.82) is 5.26 Å². The van der Waals surface area contributed by atoms with Gasteiger partial charge in [-0.05, 0) is 91.0 Å². The van der Waals surface area contributed by atoms with E-state index in [1.54, 1.807) is 4.90 Å². The number of hydrogen-bond acceptors (Lipinski definition) is 8. The van der Waals surface area contributed by atoms with Crippen molar-refractivity contribution in [3.63, 3.8) is 0 Å². The Hall–Kier alpha value is -1.98. The Morgan fingerprint density at radius 2 is 1.90 bits per heavy atom. The van der Waals surface area contributed by atoms with E-state index in [-0.39, 0.29) is 29.1 Å². The van der Waals surface area contributed by atoms with Crippen LogP contribution in [-0.4, -0.2) is 83.4 Å². The van der Waals surface area contributed by atoms with Crippen LogP contribution in [-0.2, 0) is 4.74 Å². The molecule has 0 radical (unpaired) electrons. The van der Waals surface area contributed by atoms with Gasteiger partial charge in [0.05, 0.1) is 10.5 Å². The zero-order valence-corrected chi connectivity index (χ0v) is 26.9. The fourth-order valence-electron chi connectivity index (χ4n) is 5.77. The average molecular weight is 729 g/mol. The maximum absolute atomic E-state index is 15.5. The zero-order chi connectivity index (χ0) is 28.7. The molecule has 4 heterocycles. The van der Waals surface area contributed by atoms with Crippen LogP contribution < -0.4 is 9.64 Å². The lowest BCUT2D eigenvalue weighted by Gasteiger charge is -2.53. The van der Waals surface area contributed by atoms with Gasteiger partial charge in [0.1, 0.15) is 23.0 Å². The van der Waals surface area contributed by atoms with Crippen molar-refractivity contribution in [3.8, 4) is 12.1 Å². The van der Waals surface area contributed by atoms with Gasteiger partial charge in [-0.2, -0.15) is 15.2 Å². The van der Waals surface area contributed by atoms with E-state index in [0.717, 1.165) is 62.0 Å². The second-order valence-corrected chi connectivity index (χ2v) is 14.1. The van der Waals surface area contributed by atoms with Gasteiger partial charge in [0, 0.05) is 66.6 Å². The Labute approximate surface area is 256 Å². The minimum Gasteiger partial charge on any atom is -0.460 e. The van der Waals surface area contributed by atoms with Gasteiger partial charge in [-0.3, -0.25) is 0 Å². The van der Waals surface area contributed by atoms with Crippen LogP contribution >= 0.6 is 38.5 Å². The molecule has 216 valence electrons. The number of halogens is 3. The van der Waals surface area contributed by atoms with Crippen molar-refractivity contribution in [2.45, 2.75) is 64.6 Å². The van der Waals surface area contributed by atoms with E-state index in [4.69, 9.17) is 19.7 Å². The minimum absolute atomic E-state index is 0.0579. The molecule has 1 spiro atoms. The molecule has 0 bridgehead atoms. The number of likely N-dealkylation sites (tertiary alicyclic amines) is 2. The topological polar surface area (TPSA) is 94.8 Å². The largest absolute Gasteiger partial charge is 0.460 e. The highest BCUT2D eigenvalue weighted by molar-refractivity contribution is 14.1. The summed E-state index contributed by atoms with van der Waals surface area (Å²) in [6, 6.07) is 4.32. The first-order chi connectivity index (χ1) is 19.0. The number of carbonyl (C=O) groups excluding carboxylic acids is 1. The predicted octanol–water partition coefficient (Wildman–Crippen LogP) is 5.73. The van der Waals surface area contributed by atoms with Gasteiger partial charge in [-0.15, -0.1) is 0 Å². The highest BCUT2D eigenvalue weighted by atomic mass is 127. The number of anilines is 1. The van der Waals surface area contributed by atoms with Gasteiger partial charge < -0.3 is 24.2 Å². The number of nitrogens with zero attached hydrogens (tertiary/aromatic N) is 6. The second-order valence-electron chi connectivity index (χ2n) is 12.1. The molecule has 40 heavy (non-hydrogen) atoms. The molecule has 3 aliphatic heterocycles. The van der Waals surface area contributed by atoms with Crippen molar-refractivity contribution in [2.24, 2.45) is 5.41 Å². The number of hydrogen-bond donors (Lipinski definition) is 0. The van der Waals surface area contributed by atoms with E-state index in [1.807, 2.05) is 26.8 Å². The molecule has 1 aromatic heterocycles. The number of ether oxygens (including phenoxy) is 2. The monoisotopic (exact) mass is 728 g/mol. The smallest absolute Gasteiger partial charge is 0.410 e. The Kier molecular flexibility index (Phi) is 8.65. The van der Waals surface area contributed by atoms with E-state index in [1.165, 1.54) is 0 Å². The molecule has 0 saturated carbocycles. The molecular formula is C28H35BrFIN6O3. The lowest BCUT2D eigenvalue weighted by atomic mass is 9.72. The third-order valence-corrected chi connectivity index (χ3v) is 10.3. The van der Waals surface area contributed by atoms with Crippen LogP contribution in [0.3, 0.4) is 0 Å². The van der Waals surface area contributed by atoms with E-state index in [0.29, 0.717) is 35.2 Å². The van der Waals surface area contributed by atoms with E-state index >= 15 is 4.39 Å². The van der Waals surface area contributed by atoms with E-state index < -0.39 is 11.4 Å². The molecule has 1 amide bonds. The first kappa shape index (κ1) is 29.5. The maximum atomic E-state index is 15.5. The van der Waals surface area contributed by atoms with Crippen molar-refractivity contribution in [1.82, 2.24) is 19.8 Å². The lowest BCUT2D eigenvalue weighted by Crippen LogP contribution is -2.62. The summed E-state index contributed by atoms with van der Waals surface area (Å²) in [7, 11) is 0. The molecule has 3 aliphatic rings.